The zero-order valence-electron chi connectivity index (χ0n) is 28.1. The van der Waals surface area contributed by atoms with Gasteiger partial charge in [0.15, 0.2) is 16.7 Å². The molecule has 1 aliphatic heterocycles. The highest BCUT2D eigenvalue weighted by Gasteiger charge is 2.44. The summed E-state index contributed by atoms with van der Waals surface area (Å²) in [4.78, 5) is 50.5. The molecule has 2 aliphatic carbocycles. The first-order chi connectivity index (χ1) is 23.8. The van der Waals surface area contributed by atoms with Crippen molar-refractivity contribution in [3.63, 3.8) is 0 Å². The highest BCUT2D eigenvalue weighted by molar-refractivity contribution is 7.99. The molecule has 2 unspecified atom stereocenters. The van der Waals surface area contributed by atoms with Gasteiger partial charge in [-0.05, 0) is 73.3 Å². The number of rotatable bonds is 11. The van der Waals surface area contributed by atoms with Crippen molar-refractivity contribution in [2.75, 3.05) is 27.1 Å². The lowest BCUT2D eigenvalue weighted by atomic mass is 9.89. The SMILES string of the molecule is COC(=O)C1=C(CSc2nc3sc4c(c3c(=O)n2CCc2ccc(OC)c(OC)c2)CCC(C)C4)N(C2CC2)C(=O)NC1c1ccccc1. The van der Waals surface area contributed by atoms with Crippen molar-refractivity contribution in [3.05, 3.63) is 91.7 Å². The number of carbonyl (C=O) groups excluding carboxylic acids is 2. The van der Waals surface area contributed by atoms with Crippen LogP contribution in [0.25, 0.3) is 10.2 Å². The topological polar surface area (TPSA) is 112 Å². The van der Waals surface area contributed by atoms with Gasteiger partial charge in [0.05, 0.1) is 38.3 Å². The molecule has 7 rings (SSSR count). The van der Waals surface area contributed by atoms with E-state index in [2.05, 4.69) is 12.2 Å². The van der Waals surface area contributed by atoms with Crippen LogP contribution in [0.4, 0.5) is 4.79 Å². The maximum absolute atomic E-state index is 14.5. The minimum absolute atomic E-state index is 0.000625. The molecule has 0 bridgehead atoms. The number of thiophene rings is 1. The number of aromatic nitrogens is 2. The third-order valence-electron chi connectivity index (χ3n) is 9.62. The molecule has 0 spiro atoms. The van der Waals surface area contributed by atoms with Gasteiger partial charge in [-0.1, -0.05) is 55.1 Å². The number of hydrogen-bond acceptors (Lipinski definition) is 9. The van der Waals surface area contributed by atoms with Gasteiger partial charge in [0.25, 0.3) is 5.56 Å². The molecule has 2 aromatic carbocycles. The molecule has 256 valence electrons. The fourth-order valence-corrected chi connectivity index (χ4v) is 9.39. The van der Waals surface area contributed by atoms with Gasteiger partial charge < -0.3 is 19.5 Å². The number of benzene rings is 2. The highest BCUT2D eigenvalue weighted by atomic mass is 32.2. The predicted octanol–water partition coefficient (Wildman–Crippen LogP) is 6.29. The number of amides is 2. The molecular formula is C37H40N4O6S2. The molecule has 3 heterocycles. The quantitative estimate of drug-likeness (QED) is 0.110. The van der Waals surface area contributed by atoms with Crippen LogP contribution in [0.15, 0.2) is 69.8 Å². The summed E-state index contributed by atoms with van der Waals surface area (Å²) in [5.74, 6) is 1.59. The van der Waals surface area contributed by atoms with Crippen LogP contribution in [0, 0.1) is 5.92 Å². The molecule has 3 aliphatic rings. The lowest BCUT2D eigenvalue weighted by Gasteiger charge is -2.36. The van der Waals surface area contributed by atoms with E-state index in [0.717, 1.165) is 59.0 Å². The van der Waals surface area contributed by atoms with Crippen LogP contribution in [0.3, 0.4) is 0 Å². The molecule has 0 saturated heterocycles. The van der Waals surface area contributed by atoms with E-state index in [1.165, 1.54) is 23.7 Å². The van der Waals surface area contributed by atoms with Gasteiger partial charge in [-0.15, -0.1) is 11.3 Å². The lowest BCUT2D eigenvalue weighted by Crippen LogP contribution is -2.50. The first-order valence-corrected chi connectivity index (χ1v) is 18.5. The maximum atomic E-state index is 14.5. The van der Waals surface area contributed by atoms with Crippen molar-refractivity contribution in [2.45, 2.75) is 69.2 Å². The average molecular weight is 701 g/mol. The monoisotopic (exact) mass is 700 g/mol. The van der Waals surface area contributed by atoms with Crippen molar-refractivity contribution in [1.29, 1.82) is 0 Å². The predicted molar refractivity (Wildman–Crippen MR) is 191 cm³/mol. The number of thioether (sulfide) groups is 1. The molecule has 10 nitrogen and oxygen atoms in total. The van der Waals surface area contributed by atoms with E-state index in [0.29, 0.717) is 46.8 Å². The Kier molecular flexibility index (Phi) is 9.43. The molecule has 49 heavy (non-hydrogen) atoms. The molecule has 0 radical (unpaired) electrons. The molecule has 4 aromatic rings. The molecule has 1 saturated carbocycles. The number of aryl methyl sites for hydroxylation is 2. The van der Waals surface area contributed by atoms with Crippen LogP contribution in [0.1, 0.15) is 53.8 Å². The largest absolute Gasteiger partial charge is 0.493 e. The fraction of sp³-hybridized carbons (Fsp3) is 0.405. The average Bonchev–Trinajstić information content (AvgIpc) is 3.89. The summed E-state index contributed by atoms with van der Waals surface area (Å²) in [7, 11) is 4.57. The molecule has 2 atom stereocenters. The first-order valence-electron chi connectivity index (χ1n) is 16.7. The van der Waals surface area contributed by atoms with Gasteiger partial charge in [-0.25, -0.2) is 14.6 Å². The molecular weight excluding hydrogens is 661 g/mol. The number of nitrogens with zero attached hydrogens (tertiary/aromatic N) is 3. The molecule has 1 N–H and O–H groups in total. The number of carbonyl (C=O) groups is 2. The van der Waals surface area contributed by atoms with Gasteiger partial charge in [0.1, 0.15) is 4.83 Å². The van der Waals surface area contributed by atoms with Crippen LogP contribution >= 0.6 is 23.1 Å². The van der Waals surface area contributed by atoms with E-state index >= 15 is 0 Å². The number of esters is 1. The van der Waals surface area contributed by atoms with Gasteiger partial charge >= 0.3 is 12.0 Å². The Morgan fingerprint density at radius 2 is 1.82 bits per heavy atom. The van der Waals surface area contributed by atoms with Crippen molar-refractivity contribution >= 4 is 45.3 Å². The number of nitrogens with one attached hydrogen (secondary N) is 1. The second kappa shape index (κ2) is 13.9. The number of fused-ring (bicyclic) bond motifs is 3. The van der Waals surface area contributed by atoms with E-state index in [1.807, 2.05) is 48.5 Å². The summed E-state index contributed by atoms with van der Waals surface area (Å²) >= 11 is 3.00. The van der Waals surface area contributed by atoms with Gasteiger partial charge in [-0.3, -0.25) is 14.3 Å². The second-order valence-corrected chi connectivity index (χ2v) is 14.9. The van der Waals surface area contributed by atoms with Gasteiger partial charge in [0, 0.05) is 28.9 Å². The molecule has 2 amide bonds. The van der Waals surface area contributed by atoms with Crippen LogP contribution < -0.4 is 20.3 Å². The Hall–Kier alpha value is -4.29. The van der Waals surface area contributed by atoms with Crippen molar-refractivity contribution < 1.29 is 23.8 Å². The summed E-state index contributed by atoms with van der Waals surface area (Å²) in [6.07, 6.45) is 5.14. The first kappa shape index (κ1) is 33.2. The number of ether oxygens (including phenoxy) is 3. The lowest BCUT2D eigenvalue weighted by molar-refractivity contribution is -0.136. The third-order valence-corrected chi connectivity index (χ3v) is 11.8. The fourth-order valence-electron chi connectivity index (χ4n) is 6.91. The summed E-state index contributed by atoms with van der Waals surface area (Å²) < 4.78 is 18.0. The maximum Gasteiger partial charge on any atom is 0.338 e. The van der Waals surface area contributed by atoms with Gasteiger partial charge in [-0.2, -0.15) is 0 Å². The standard InChI is InChI=1S/C37H40N4O6S2/c1-21-10-14-25-29(18-21)49-33-30(25)34(42)40(17-16-22-11-15-27(45-2)28(19-22)46-3)37(39-33)48-20-26-31(35(43)47-4)32(23-8-6-5-7-9-23)38-36(44)41(26)24-12-13-24/h5-9,11,15,19,21,24,32H,10,12-14,16-18,20H2,1-4H3,(H,38,44). The Bertz CT molecular complexity index is 2000. The Morgan fingerprint density at radius 3 is 2.53 bits per heavy atom. The normalized spacial score (nSPS) is 19.1. The van der Waals surface area contributed by atoms with E-state index in [1.54, 1.807) is 35.0 Å². The van der Waals surface area contributed by atoms with Crippen molar-refractivity contribution in [2.24, 2.45) is 5.92 Å². The van der Waals surface area contributed by atoms with Crippen LogP contribution in [0.2, 0.25) is 0 Å². The number of methoxy groups -OCH3 is 3. The second-order valence-electron chi connectivity index (χ2n) is 12.9. The Labute approximate surface area is 293 Å². The van der Waals surface area contributed by atoms with E-state index in [9.17, 15) is 14.4 Å². The Morgan fingerprint density at radius 1 is 1.04 bits per heavy atom. The summed E-state index contributed by atoms with van der Waals surface area (Å²) in [6, 6.07) is 14.3. The zero-order valence-corrected chi connectivity index (χ0v) is 29.7. The molecule has 2 aromatic heterocycles. The van der Waals surface area contributed by atoms with Crippen LogP contribution in [-0.4, -0.2) is 59.6 Å². The zero-order chi connectivity index (χ0) is 34.2. The minimum atomic E-state index is -0.666. The smallest absolute Gasteiger partial charge is 0.338 e. The summed E-state index contributed by atoms with van der Waals surface area (Å²) in [5, 5.41) is 4.34. The molecule has 12 heteroatoms. The van der Waals surface area contributed by atoms with E-state index < -0.39 is 12.0 Å². The van der Waals surface area contributed by atoms with Crippen molar-refractivity contribution in [1.82, 2.24) is 19.8 Å². The third kappa shape index (κ3) is 6.43. The Balaban J connectivity index is 1.31. The summed E-state index contributed by atoms with van der Waals surface area (Å²) in [5.41, 5.74) is 3.86. The number of urea groups is 1. The van der Waals surface area contributed by atoms with Crippen LogP contribution in [0.5, 0.6) is 11.5 Å². The highest BCUT2D eigenvalue weighted by Crippen LogP contribution is 2.41. The van der Waals surface area contributed by atoms with E-state index in [-0.39, 0.29) is 23.4 Å². The summed E-state index contributed by atoms with van der Waals surface area (Å²) in [6.45, 7) is 2.65. The number of hydrogen-bond donors (Lipinski definition) is 1. The van der Waals surface area contributed by atoms with Gasteiger partial charge in [0.2, 0.25) is 0 Å². The minimum Gasteiger partial charge on any atom is -0.493 e. The van der Waals surface area contributed by atoms with Crippen molar-refractivity contribution in [3.8, 4) is 11.5 Å². The molecule has 1 fully saturated rings. The van der Waals surface area contributed by atoms with Crippen LogP contribution in [-0.2, 0) is 35.3 Å². The van der Waals surface area contributed by atoms with E-state index in [4.69, 9.17) is 19.2 Å².